The number of hydrogen-bond acceptors (Lipinski definition) is 0. The van der Waals surface area contributed by atoms with Gasteiger partial charge in [-0.2, -0.15) is 0 Å². The van der Waals surface area contributed by atoms with Gasteiger partial charge in [0.1, 0.15) is 0 Å². The van der Waals surface area contributed by atoms with Gasteiger partial charge in [0.15, 0.2) is 0 Å². The Morgan fingerprint density at radius 1 is 0.395 bits per heavy atom. The van der Waals surface area contributed by atoms with Crippen molar-refractivity contribution in [3.8, 4) is 0 Å². The van der Waals surface area contributed by atoms with Crippen molar-refractivity contribution in [1.82, 2.24) is 4.57 Å². The zero-order valence-corrected chi connectivity index (χ0v) is 24.4. The van der Waals surface area contributed by atoms with E-state index in [1.807, 2.05) is 0 Å². The summed E-state index contributed by atoms with van der Waals surface area (Å²) >= 11 is 0. The van der Waals surface area contributed by atoms with Gasteiger partial charge in [-0.25, -0.2) is 0 Å². The van der Waals surface area contributed by atoms with Crippen molar-refractivity contribution in [3.63, 3.8) is 0 Å². The molecule has 0 amide bonds. The highest BCUT2D eigenvalue weighted by atomic mass is 14.9. The SMILES string of the molecule is Cn1c2c3c(ccc2c2ccc4c(c21)C(C)(C)c1ccccc1C4(C)C)C(C)(C)c1ccccc1C3(C)C. The van der Waals surface area contributed by atoms with E-state index in [2.05, 4.69) is 140 Å². The molecule has 1 heterocycles. The Hall–Kier alpha value is -3.32. The summed E-state index contributed by atoms with van der Waals surface area (Å²) in [6.45, 7) is 19.3. The van der Waals surface area contributed by atoms with Crippen LogP contribution in [0.1, 0.15) is 99.9 Å². The van der Waals surface area contributed by atoms with E-state index < -0.39 is 0 Å². The highest BCUT2D eigenvalue weighted by Gasteiger charge is 2.45. The Kier molecular flexibility index (Phi) is 4.38. The van der Waals surface area contributed by atoms with E-state index in [9.17, 15) is 0 Å². The van der Waals surface area contributed by atoms with E-state index in [1.54, 1.807) is 0 Å². The van der Waals surface area contributed by atoms with Gasteiger partial charge in [0, 0.05) is 39.5 Å². The van der Waals surface area contributed by atoms with Gasteiger partial charge in [-0.1, -0.05) is 128 Å². The van der Waals surface area contributed by atoms with Crippen LogP contribution in [0.15, 0.2) is 72.8 Å². The summed E-state index contributed by atoms with van der Waals surface area (Å²) in [6.07, 6.45) is 0. The number of aromatic nitrogens is 1. The fraction of sp³-hybridized carbons (Fsp3) is 0.351. The first-order chi connectivity index (χ1) is 17.8. The lowest BCUT2D eigenvalue weighted by molar-refractivity contribution is 0.521. The molecule has 0 spiro atoms. The number of rotatable bonds is 0. The molecule has 5 aromatic rings. The molecular weight excluding hydrogens is 458 g/mol. The fourth-order valence-corrected chi connectivity index (χ4v) is 8.44. The Labute approximate surface area is 227 Å². The smallest absolute Gasteiger partial charge is 0.0533 e. The molecule has 0 atom stereocenters. The average molecular weight is 498 g/mol. The third kappa shape index (κ3) is 2.58. The van der Waals surface area contributed by atoms with E-state index >= 15 is 0 Å². The first-order valence-electron chi connectivity index (χ1n) is 14.1. The van der Waals surface area contributed by atoms with Gasteiger partial charge < -0.3 is 4.57 Å². The maximum Gasteiger partial charge on any atom is 0.0533 e. The Bertz CT molecular complexity index is 1690. The molecule has 192 valence electrons. The zero-order valence-electron chi connectivity index (χ0n) is 24.4. The van der Waals surface area contributed by atoms with Gasteiger partial charge in [-0.3, -0.25) is 0 Å². The lowest BCUT2D eigenvalue weighted by atomic mass is 9.59. The minimum absolute atomic E-state index is 0.0499. The Morgan fingerprint density at radius 2 is 0.711 bits per heavy atom. The molecule has 1 heteroatoms. The highest BCUT2D eigenvalue weighted by Crippen LogP contribution is 2.55. The Morgan fingerprint density at radius 3 is 1.05 bits per heavy atom. The quantitative estimate of drug-likeness (QED) is 0.201. The van der Waals surface area contributed by atoms with Crippen LogP contribution in [0.2, 0.25) is 0 Å². The zero-order chi connectivity index (χ0) is 27.0. The topological polar surface area (TPSA) is 4.93 Å². The lowest BCUT2D eigenvalue weighted by Crippen LogP contribution is -2.37. The van der Waals surface area contributed by atoms with Crippen LogP contribution in [-0.4, -0.2) is 4.57 Å². The van der Waals surface area contributed by atoms with Crippen molar-refractivity contribution in [3.05, 3.63) is 117 Å². The van der Waals surface area contributed by atoms with Crippen molar-refractivity contribution in [2.45, 2.75) is 77.0 Å². The summed E-state index contributed by atoms with van der Waals surface area (Å²) in [6, 6.07) is 27.9. The van der Waals surface area contributed by atoms with Crippen LogP contribution < -0.4 is 0 Å². The molecule has 38 heavy (non-hydrogen) atoms. The molecule has 0 aliphatic heterocycles. The van der Waals surface area contributed by atoms with Crippen LogP contribution in [-0.2, 0) is 28.7 Å². The van der Waals surface area contributed by atoms with Gasteiger partial charge in [0.25, 0.3) is 0 Å². The van der Waals surface area contributed by atoms with Crippen LogP contribution in [0, 0.1) is 0 Å². The summed E-state index contributed by atoms with van der Waals surface area (Å²) in [5.41, 5.74) is 14.2. The van der Waals surface area contributed by atoms with Crippen LogP contribution in [0.25, 0.3) is 21.8 Å². The molecule has 7 rings (SSSR count). The van der Waals surface area contributed by atoms with E-state index in [-0.39, 0.29) is 21.7 Å². The van der Waals surface area contributed by atoms with Crippen LogP contribution in [0.4, 0.5) is 0 Å². The molecule has 2 aliphatic carbocycles. The molecule has 0 fully saturated rings. The van der Waals surface area contributed by atoms with Gasteiger partial charge in [0.05, 0.1) is 11.0 Å². The summed E-state index contributed by atoms with van der Waals surface area (Å²) in [7, 11) is 2.32. The molecule has 4 aromatic carbocycles. The van der Waals surface area contributed by atoms with E-state index in [0.29, 0.717) is 0 Å². The number of aryl methyl sites for hydroxylation is 1. The molecule has 0 N–H and O–H groups in total. The molecule has 1 nitrogen and oxygen atoms in total. The van der Waals surface area contributed by atoms with Gasteiger partial charge >= 0.3 is 0 Å². The van der Waals surface area contributed by atoms with Crippen molar-refractivity contribution in [2.75, 3.05) is 0 Å². The van der Waals surface area contributed by atoms with E-state index in [4.69, 9.17) is 0 Å². The van der Waals surface area contributed by atoms with Gasteiger partial charge in [-0.15, -0.1) is 0 Å². The van der Waals surface area contributed by atoms with Crippen molar-refractivity contribution < 1.29 is 0 Å². The fourth-order valence-electron chi connectivity index (χ4n) is 8.44. The predicted molar refractivity (Wildman–Crippen MR) is 162 cm³/mol. The van der Waals surface area contributed by atoms with Crippen molar-refractivity contribution >= 4 is 21.8 Å². The molecule has 2 aliphatic rings. The molecule has 0 saturated carbocycles. The van der Waals surface area contributed by atoms with Crippen molar-refractivity contribution in [2.24, 2.45) is 7.05 Å². The molecule has 0 unspecified atom stereocenters. The molecule has 0 radical (unpaired) electrons. The second-order valence-electron chi connectivity index (χ2n) is 13.9. The minimum atomic E-state index is -0.0927. The molecule has 0 saturated heterocycles. The standard InChI is InChI=1S/C37H39N/c1-34(2)24-14-10-12-16-26(24)36(5,6)30-28(34)20-18-22-23-19-21-29-31(33(23)38(9)32(22)30)37(7,8)27-17-13-11-15-25(27)35(29,3)4/h10-21H,1-9H3. The monoisotopic (exact) mass is 497 g/mol. The lowest BCUT2D eigenvalue weighted by Gasteiger charge is -2.44. The normalized spacial score (nSPS) is 19.5. The number of nitrogens with zero attached hydrogens (tertiary/aromatic N) is 1. The minimum Gasteiger partial charge on any atom is -0.343 e. The summed E-state index contributed by atoms with van der Waals surface area (Å²) in [5.74, 6) is 0. The maximum absolute atomic E-state index is 2.56. The summed E-state index contributed by atoms with van der Waals surface area (Å²) in [5, 5.41) is 2.75. The Balaban J connectivity index is 1.65. The van der Waals surface area contributed by atoms with E-state index in [0.717, 1.165) is 0 Å². The van der Waals surface area contributed by atoms with Gasteiger partial charge in [-0.05, 0) is 44.5 Å². The second-order valence-corrected chi connectivity index (χ2v) is 13.9. The van der Waals surface area contributed by atoms with Crippen molar-refractivity contribution in [1.29, 1.82) is 0 Å². The summed E-state index contributed by atoms with van der Waals surface area (Å²) < 4.78 is 2.56. The molecular formula is C37H39N. The van der Waals surface area contributed by atoms with Crippen LogP contribution in [0.5, 0.6) is 0 Å². The predicted octanol–water partition coefficient (Wildman–Crippen LogP) is 9.26. The number of fused-ring (bicyclic) bond motifs is 9. The molecule has 1 aromatic heterocycles. The van der Waals surface area contributed by atoms with E-state index in [1.165, 1.54) is 66.3 Å². The number of benzene rings is 4. The molecule has 0 bridgehead atoms. The average Bonchev–Trinajstić information content (AvgIpc) is 3.18. The largest absolute Gasteiger partial charge is 0.343 e. The van der Waals surface area contributed by atoms with Crippen LogP contribution >= 0.6 is 0 Å². The first kappa shape index (κ1) is 23.8. The van der Waals surface area contributed by atoms with Crippen LogP contribution in [0.3, 0.4) is 0 Å². The summed E-state index contributed by atoms with van der Waals surface area (Å²) in [4.78, 5) is 0. The van der Waals surface area contributed by atoms with Gasteiger partial charge in [0.2, 0.25) is 0 Å². The first-order valence-corrected chi connectivity index (χ1v) is 14.1. The highest BCUT2D eigenvalue weighted by molar-refractivity contribution is 6.12. The number of hydrogen-bond donors (Lipinski definition) is 0. The maximum atomic E-state index is 2.56. The second kappa shape index (κ2) is 7.00. The third-order valence-electron chi connectivity index (χ3n) is 10.5. The third-order valence-corrected chi connectivity index (χ3v) is 10.5.